The Hall–Kier alpha value is -0.540. The van der Waals surface area contributed by atoms with Gasteiger partial charge in [-0.15, -0.1) is 0 Å². The number of hydrogen-bond acceptors (Lipinski definition) is 2. The molecule has 0 amide bonds. The fraction of sp³-hybridized carbons (Fsp3) is 0.647. The lowest BCUT2D eigenvalue weighted by atomic mass is 10.1. The molecule has 0 bridgehead atoms. The molecule has 0 aliphatic heterocycles. The molecule has 112 valence electrons. The summed E-state index contributed by atoms with van der Waals surface area (Å²) in [5, 5.41) is 3.47. The first-order valence-corrected chi connectivity index (χ1v) is 8.58. The second-order valence-electron chi connectivity index (χ2n) is 6.34. The third-order valence-electron chi connectivity index (χ3n) is 4.18. The van der Waals surface area contributed by atoms with Gasteiger partial charge in [0.15, 0.2) is 0 Å². The van der Waals surface area contributed by atoms with Crippen LogP contribution in [0.25, 0.3) is 0 Å². The van der Waals surface area contributed by atoms with Gasteiger partial charge in [-0.1, -0.05) is 48.7 Å². The van der Waals surface area contributed by atoms with Crippen LogP contribution in [0.5, 0.6) is 0 Å². The van der Waals surface area contributed by atoms with E-state index in [0.29, 0.717) is 6.04 Å². The molecule has 0 saturated heterocycles. The number of halogens is 1. The maximum atomic E-state index is 3.71. The average Bonchev–Trinajstić information content (AvgIpc) is 2.89. The first kappa shape index (κ1) is 15.8. The highest BCUT2D eigenvalue weighted by Gasteiger charge is 2.17. The Morgan fingerprint density at radius 1 is 1.30 bits per heavy atom. The van der Waals surface area contributed by atoms with Crippen molar-refractivity contribution in [2.24, 2.45) is 5.92 Å². The smallest absolute Gasteiger partial charge is 0.0375 e. The molecule has 1 aliphatic carbocycles. The highest BCUT2D eigenvalue weighted by molar-refractivity contribution is 9.10. The molecule has 0 atom stereocenters. The summed E-state index contributed by atoms with van der Waals surface area (Å²) < 4.78 is 1.21. The average molecular weight is 339 g/mol. The molecule has 20 heavy (non-hydrogen) atoms. The Morgan fingerprint density at radius 2 is 2.00 bits per heavy atom. The lowest BCUT2D eigenvalue weighted by Gasteiger charge is -2.24. The third kappa shape index (κ3) is 4.49. The van der Waals surface area contributed by atoms with Gasteiger partial charge in [-0.05, 0) is 36.5 Å². The zero-order valence-electron chi connectivity index (χ0n) is 13.0. The number of anilines is 1. The minimum atomic E-state index is 0.520. The standard InChI is InChI=1S/C17H27BrN2/c1-13(2)19-11-15-8-9-16(10-17(15)18)20(3)12-14-6-4-5-7-14/h8-10,13-14,19H,4-7,11-12H2,1-3H3. The summed E-state index contributed by atoms with van der Waals surface area (Å²) >= 11 is 3.71. The number of hydrogen-bond donors (Lipinski definition) is 1. The van der Waals surface area contributed by atoms with Crippen molar-refractivity contribution < 1.29 is 0 Å². The van der Waals surface area contributed by atoms with E-state index in [1.54, 1.807) is 0 Å². The molecule has 1 aromatic rings. The van der Waals surface area contributed by atoms with Crippen LogP contribution in [0.4, 0.5) is 5.69 Å². The summed E-state index contributed by atoms with van der Waals surface area (Å²) in [7, 11) is 2.21. The second kappa shape index (κ2) is 7.46. The maximum absolute atomic E-state index is 3.71. The van der Waals surface area contributed by atoms with E-state index in [0.717, 1.165) is 12.5 Å². The molecule has 1 aromatic carbocycles. The van der Waals surface area contributed by atoms with Crippen molar-refractivity contribution in [3.63, 3.8) is 0 Å². The number of rotatable bonds is 6. The Labute approximate surface area is 132 Å². The van der Waals surface area contributed by atoms with E-state index < -0.39 is 0 Å². The fourth-order valence-electron chi connectivity index (χ4n) is 2.92. The minimum absolute atomic E-state index is 0.520. The van der Waals surface area contributed by atoms with Crippen LogP contribution in [-0.2, 0) is 6.54 Å². The number of benzene rings is 1. The molecule has 2 nitrogen and oxygen atoms in total. The van der Waals surface area contributed by atoms with Crippen molar-refractivity contribution in [1.82, 2.24) is 5.32 Å². The van der Waals surface area contributed by atoms with E-state index in [4.69, 9.17) is 0 Å². The van der Waals surface area contributed by atoms with E-state index in [-0.39, 0.29) is 0 Å². The minimum Gasteiger partial charge on any atom is -0.374 e. The van der Waals surface area contributed by atoms with Gasteiger partial charge < -0.3 is 10.2 Å². The Bertz CT molecular complexity index is 425. The molecule has 1 fully saturated rings. The van der Waals surface area contributed by atoms with Crippen LogP contribution in [0.1, 0.15) is 45.1 Å². The van der Waals surface area contributed by atoms with Crippen LogP contribution >= 0.6 is 15.9 Å². The van der Waals surface area contributed by atoms with Crippen LogP contribution < -0.4 is 10.2 Å². The van der Waals surface area contributed by atoms with Crippen molar-refractivity contribution in [2.45, 2.75) is 52.1 Å². The van der Waals surface area contributed by atoms with Crippen molar-refractivity contribution in [2.75, 3.05) is 18.5 Å². The Balaban J connectivity index is 1.96. The first-order valence-electron chi connectivity index (χ1n) is 7.79. The van der Waals surface area contributed by atoms with E-state index in [2.05, 4.69) is 65.2 Å². The monoisotopic (exact) mass is 338 g/mol. The summed E-state index contributed by atoms with van der Waals surface area (Å²) in [6, 6.07) is 7.26. The van der Waals surface area contributed by atoms with Crippen molar-refractivity contribution >= 4 is 21.6 Å². The molecular formula is C17H27BrN2. The zero-order valence-corrected chi connectivity index (χ0v) is 14.5. The van der Waals surface area contributed by atoms with Gasteiger partial charge in [-0.25, -0.2) is 0 Å². The second-order valence-corrected chi connectivity index (χ2v) is 7.20. The maximum Gasteiger partial charge on any atom is 0.0375 e. The largest absolute Gasteiger partial charge is 0.374 e. The highest BCUT2D eigenvalue weighted by Crippen LogP contribution is 2.28. The molecule has 1 saturated carbocycles. The van der Waals surface area contributed by atoms with Crippen molar-refractivity contribution in [1.29, 1.82) is 0 Å². The number of nitrogens with one attached hydrogen (secondary N) is 1. The van der Waals surface area contributed by atoms with Gasteiger partial charge in [-0.3, -0.25) is 0 Å². The quantitative estimate of drug-likeness (QED) is 0.816. The summed E-state index contributed by atoms with van der Waals surface area (Å²) in [5.74, 6) is 0.890. The summed E-state index contributed by atoms with van der Waals surface area (Å²) in [4.78, 5) is 2.40. The Kier molecular flexibility index (Phi) is 5.91. The van der Waals surface area contributed by atoms with Gasteiger partial charge >= 0.3 is 0 Å². The van der Waals surface area contributed by atoms with Crippen LogP contribution in [0, 0.1) is 5.92 Å². The molecule has 1 aliphatic rings. The SMILES string of the molecule is CC(C)NCc1ccc(N(C)CC2CCCC2)cc1Br. The van der Waals surface area contributed by atoms with Gasteiger partial charge in [0.1, 0.15) is 0 Å². The first-order chi connectivity index (χ1) is 9.56. The van der Waals surface area contributed by atoms with Gasteiger partial charge in [-0.2, -0.15) is 0 Å². The van der Waals surface area contributed by atoms with E-state index in [1.165, 1.54) is 48.0 Å². The molecule has 3 heteroatoms. The van der Waals surface area contributed by atoms with Gasteiger partial charge in [0.05, 0.1) is 0 Å². The van der Waals surface area contributed by atoms with Crippen molar-refractivity contribution in [3.8, 4) is 0 Å². The fourth-order valence-corrected chi connectivity index (χ4v) is 3.42. The topological polar surface area (TPSA) is 15.3 Å². The Morgan fingerprint density at radius 3 is 2.60 bits per heavy atom. The van der Waals surface area contributed by atoms with Crippen LogP contribution in [0.2, 0.25) is 0 Å². The summed E-state index contributed by atoms with van der Waals surface area (Å²) in [6.45, 7) is 6.47. The zero-order chi connectivity index (χ0) is 14.5. The molecule has 0 aromatic heterocycles. The van der Waals surface area contributed by atoms with E-state index in [9.17, 15) is 0 Å². The van der Waals surface area contributed by atoms with Crippen molar-refractivity contribution in [3.05, 3.63) is 28.2 Å². The number of nitrogens with zero attached hydrogens (tertiary/aromatic N) is 1. The van der Waals surface area contributed by atoms with Gasteiger partial charge in [0, 0.05) is 36.3 Å². The van der Waals surface area contributed by atoms with Gasteiger partial charge in [0.2, 0.25) is 0 Å². The van der Waals surface area contributed by atoms with Gasteiger partial charge in [0.25, 0.3) is 0 Å². The molecule has 2 rings (SSSR count). The molecule has 0 unspecified atom stereocenters. The lowest BCUT2D eigenvalue weighted by molar-refractivity contribution is 0.547. The van der Waals surface area contributed by atoms with E-state index in [1.807, 2.05) is 0 Å². The van der Waals surface area contributed by atoms with Crippen LogP contribution in [0.3, 0.4) is 0 Å². The predicted octanol–water partition coefficient (Wildman–Crippen LogP) is 4.57. The normalized spacial score (nSPS) is 16.1. The predicted molar refractivity (Wildman–Crippen MR) is 91.3 cm³/mol. The summed E-state index contributed by atoms with van der Waals surface area (Å²) in [6.07, 6.45) is 5.65. The van der Waals surface area contributed by atoms with Crippen LogP contribution in [0.15, 0.2) is 22.7 Å². The highest BCUT2D eigenvalue weighted by atomic mass is 79.9. The van der Waals surface area contributed by atoms with Crippen LogP contribution in [-0.4, -0.2) is 19.6 Å². The molecule has 0 spiro atoms. The molecule has 0 heterocycles. The molecule has 1 N–H and O–H groups in total. The molecule has 0 radical (unpaired) electrons. The third-order valence-corrected chi connectivity index (χ3v) is 4.92. The molecular weight excluding hydrogens is 312 g/mol. The summed E-state index contributed by atoms with van der Waals surface area (Å²) in [5.41, 5.74) is 2.65. The lowest BCUT2D eigenvalue weighted by Crippen LogP contribution is -2.24. The van der Waals surface area contributed by atoms with E-state index >= 15 is 0 Å².